The van der Waals surface area contributed by atoms with Gasteiger partial charge in [-0.05, 0) is 48.9 Å². The average molecular weight is 326 g/mol. The van der Waals surface area contributed by atoms with Crippen LogP contribution in [0.2, 0.25) is 0 Å². The lowest BCUT2D eigenvalue weighted by Crippen LogP contribution is -2.23. The molecule has 1 N–H and O–H groups in total. The lowest BCUT2D eigenvalue weighted by atomic mass is 10.1. The average Bonchev–Trinajstić information content (AvgIpc) is 2.65. The molecule has 0 saturated heterocycles. The summed E-state index contributed by atoms with van der Waals surface area (Å²) in [7, 11) is 1.61. The zero-order chi connectivity index (χ0) is 16.9. The van der Waals surface area contributed by atoms with Crippen molar-refractivity contribution in [2.75, 3.05) is 20.3 Å². The van der Waals surface area contributed by atoms with Crippen LogP contribution in [0.15, 0.2) is 47.6 Å². The van der Waals surface area contributed by atoms with Crippen LogP contribution in [-0.4, -0.2) is 31.9 Å². The first-order chi connectivity index (χ1) is 11.7. The lowest BCUT2D eigenvalue weighted by molar-refractivity contribution is 0.0943. The largest absolute Gasteiger partial charge is 0.497 e. The molecule has 0 bridgehead atoms. The van der Waals surface area contributed by atoms with Crippen molar-refractivity contribution in [1.29, 1.82) is 0 Å². The normalized spacial score (nSPS) is 13.3. The number of hydrazone groups is 1. The van der Waals surface area contributed by atoms with Crippen molar-refractivity contribution >= 4 is 11.6 Å². The number of carbonyl (C=O) groups is 1. The highest BCUT2D eigenvalue weighted by Gasteiger charge is 2.20. The molecular formula is C18H18N2O4. The van der Waals surface area contributed by atoms with E-state index in [-0.39, 0.29) is 5.91 Å². The van der Waals surface area contributed by atoms with E-state index in [9.17, 15) is 4.79 Å². The summed E-state index contributed by atoms with van der Waals surface area (Å²) in [5.74, 6) is 1.46. The second-order valence-corrected chi connectivity index (χ2v) is 5.20. The van der Waals surface area contributed by atoms with Crippen LogP contribution >= 0.6 is 0 Å². The summed E-state index contributed by atoms with van der Waals surface area (Å²) in [6.07, 6.45) is 0. The van der Waals surface area contributed by atoms with E-state index in [1.54, 1.807) is 25.3 Å². The Bertz CT molecular complexity index is 769. The molecule has 2 aromatic carbocycles. The fourth-order valence-corrected chi connectivity index (χ4v) is 2.34. The molecule has 0 atom stereocenters. The molecule has 6 nitrogen and oxygen atoms in total. The van der Waals surface area contributed by atoms with Crippen molar-refractivity contribution in [3.05, 3.63) is 53.6 Å². The predicted molar refractivity (Wildman–Crippen MR) is 90.1 cm³/mol. The first kappa shape index (κ1) is 15.9. The number of methoxy groups -OCH3 is 1. The highest BCUT2D eigenvalue weighted by molar-refractivity contribution is 6.02. The summed E-state index contributed by atoms with van der Waals surface area (Å²) < 4.78 is 16.1. The fourth-order valence-electron chi connectivity index (χ4n) is 2.34. The van der Waals surface area contributed by atoms with Crippen LogP contribution in [0, 0.1) is 0 Å². The third-order valence-corrected chi connectivity index (χ3v) is 3.64. The van der Waals surface area contributed by atoms with Gasteiger partial charge in [0.1, 0.15) is 19.0 Å². The van der Waals surface area contributed by atoms with Crippen molar-refractivity contribution in [2.45, 2.75) is 6.92 Å². The van der Waals surface area contributed by atoms with Gasteiger partial charge < -0.3 is 14.2 Å². The summed E-state index contributed by atoms with van der Waals surface area (Å²) in [6, 6.07) is 12.7. The van der Waals surface area contributed by atoms with Crippen LogP contribution in [0.3, 0.4) is 0 Å². The van der Waals surface area contributed by atoms with Gasteiger partial charge in [-0.2, -0.15) is 5.10 Å². The van der Waals surface area contributed by atoms with E-state index in [4.69, 9.17) is 14.2 Å². The molecule has 1 aliphatic heterocycles. The number of hydrogen-bond acceptors (Lipinski definition) is 5. The zero-order valence-electron chi connectivity index (χ0n) is 13.5. The molecule has 124 valence electrons. The van der Waals surface area contributed by atoms with Crippen LogP contribution in [0.4, 0.5) is 0 Å². The summed E-state index contributed by atoms with van der Waals surface area (Å²) >= 11 is 0. The van der Waals surface area contributed by atoms with Crippen molar-refractivity contribution < 1.29 is 19.0 Å². The molecule has 1 heterocycles. The van der Waals surface area contributed by atoms with E-state index >= 15 is 0 Å². The summed E-state index contributed by atoms with van der Waals surface area (Å²) in [6.45, 7) is 2.72. The van der Waals surface area contributed by atoms with Gasteiger partial charge in [-0.25, -0.2) is 5.43 Å². The number of ether oxygens (including phenoxy) is 3. The minimum absolute atomic E-state index is 0.342. The van der Waals surface area contributed by atoms with E-state index in [1.807, 2.05) is 31.2 Å². The number of amides is 1. The molecular weight excluding hydrogens is 308 g/mol. The Kier molecular flexibility index (Phi) is 4.65. The molecule has 0 aliphatic carbocycles. The molecule has 2 aromatic rings. The van der Waals surface area contributed by atoms with Gasteiger partial charge in [-0.1, -0.05) is 6.07 Å². The van der Waals surface area contributed by atoms with Gasteiger partial charge in [-0.3, -0.25) is 4.79 Å². The quantitative estimate of drug-likeness (QED) is 0.693. The molecule has 1 aliphatic rings. The maximum atomic E-state index is 12.4. The Hall–Kier alpha value is -3.02. The smallest absolute Gasteiger partial charge is 0.275 e. The lowest BCUT2D eigenvalue weighted by Gasteiger charge is -2.20. The number of hydrogen-bond donors (Lipinski definition) is 1. The van der Waals surface area contributed by atoms with E-state index in [1.165, 1.54) is 0 Å². The molecule has 0 aromatic heterocycles. The maximum absolute atomic E-state index is 12.4. The SMILES string of the molecule is COc1ccc(/C(C)=N/NC(=O)c2cccc3c2OCCO3)cc1. The van der Waals surface area contributed by atoms with Gasteiger partial charge in [0.25, 0.3) is 5.91 Å². The number of para-hydroxylation sites is 1. The van der Waals surface area contributed by atoms with Crippen LogP contribution in [0.5, 0.6) is 17.2 Å². The molecule has 24 heavy (non-hydrogen) atoms. The van der Waals surface area contributed by atoms with E-state index in [0.717, 1.165) is 11.3 Å². The van der Waals surface area contributed by atoms with Crippen molar-refractivity contribution in [1.82, 2.24) is 5.43 Å². The monoisotopic (exact) mass is 326 g/mol. The van der Waals surface area contributed by atoms with Crippen molar-refractivity contribution in [3.63, 3.8) is 0 Å². The van der Waals surface area contributed by atoms with E-state index in [0.29, 0.717) is 36.0 Å². The van der Waals surface area contributed by atoms with Crippen LogP contribution < -0.4 is 19.6 Å². The Morgan fingerprint density at radius 3 is 2.62 bits per heavy atom. The number of nitrogens with one attached hydrogen (secondary N) is 1. The van der Waals surface area contributed by atoms with Gasteiger partial charge in [0.15, 0.2) is 11.5 Å². The first-order valence-electron chi connectivity index (χ1n) is 7.56. The Morgan fingerprint density at radius 1 is 1.12 bits per heavy atom. The minimum Gasteiger partial charge on any atom is -0.497 e. The Balaban J connectivity index is 1.75. The molecule has 0 radical (unpaired) electrons. The molecule has 0 fully saturated rings. The second kappa shape index (κ2) is 7.04. The standard InChI is InChI=1S/C18H18N2O4/c1-12(13-6-8-14(22-2)9-7-13)19-20-18(21)15-4-3-5-16-17(15)24-11-10-23-16/h3-9H,10-11H2,1-2H3,(H,20,21)/b19-12+. The van der Waals surface area contributed by atoms with Gasteiger partial charge in [0.2, 0.25) is 0 Å². The van der Waals surface area contributed by atoms with Crippen LogP contribution in [-0.2, 0) is 0 Å². The van der Waals surface area contributed by atoms with Gasteiger partial charge in [-0.15, -0.1) is 0 Å². The van der Waals surface area contributed by atoms with Crippen LogP contribution in [0.25, 0.3) is 0 Å². The van der Waals surface area contributed by atoms with Crippen molar-refractivity contribution in [2.24, 2.45) is 5.10 Å². The number of fused-ring (bicyclic) bond motifs is 1. The second-order valence-electron chi connectivity index (χ2n) is 5.20. The third kappa shape index (κ3) is 3.32. The van der Waals surface area contributed by atoms with Gasteiger partial charge >= 0.3 is 0 Å². The maximum Gasteiger partial charge on any atom is 0.275 e. The Labute approximate surface area is 140 Å². The molecule has 0 spiro atoms. The highest BCUT2D eigenvalue weighted by atomic mass is 16.6. The number of rotatable bonds is 4. The number of benzene rings is 2. The first-order valence-corrected chi connectivity index (χ1v) is 7.56. The van der Waals surface area contributed by atoms with Gasteiger partial charge in [0, 0.05) is 0 Å². The van der Waals surface area contributed by atoms with Crippen molar-refractivity contribution in [3.8, 4) is 17.2 Å². The van der Waals surface area contributed by atoms with Crippen LogP contribution in [0.1, 0.15) is 22.8 Å². The molecule has 3 rings (SSSR count). The molecule has 1 amide bonds. The number of nitrogens with zero attached hydrogens (tertiary/aromatic N) is 1. The minimum atomic E-state index is -0.342. The highest BCUT2D eigenvalue weighted by Crippen LogP contribution is 2.33. The fraction of sp³-hybridized carbons (Fsp3) is 0.222. The van der Waals surface area contributed by atoms with E-state index in [2.05, 4.69) is 10.5 Å². The topological polar surface area (TPSA) is 69.2 Å². The zero-order valence-corrected chi connectivity index (χ0v) is 13.5. The third-order valence-electron chi connectivity index (χ3n) is 3.64. The van der Waals surface area contributed by atoms with E-state index < -0.39 is 0 Å². The molecule has 0 unspecified atom stereocenters. The predicted octanol–water partition coefficient (Wildman–Crippen LogP) is 2.62. The summed E-state index contributed by atoms with van der Waals surface area (Å²) in [5.41, 5.74) is 4.54. The molecule has 6 heteroatoms. The summed E-state index contributed by atoms with van der Waals surface area (Å²) in [5, 5.41) is 4.16. The Morgan fingerprint density at radius 2 is 1.88 bits per heavy atom. The molecule has 0 saturated carbocycles. The number of carbonyl (C=O) groups excluding carboxylic acids is 1. The summed E-state index contributed by atoms with van der Waals surface area (Å²) in [4.78, 5) is 12.4. The van der Waals surface area contributed by atoms with Gasteiger partial charge in [0.05, 0.1) is 18.4 Å².